The SMILES string of the molecule is O=C(N/N=C/c1cccc(O)c1O)c1cccc(C(=O)N/N=C/c2cccc(O)c2O)c1. The molecule has 0 aromatic heterocycles. The van der Waals surface area contributed by atoms with Gasteiger partial charge in [0.05, 0.1) is 12.4 Å². The number of nitrogens with one attached hydrogen (secondary N) is 2. The van der Waals surface area contributed by atoms with Crippen molar-refractivity contribution in [2.75, 3.05) is 0 Å². The molecule has 0 spiro atoms. The van der Waals surface area contributed by atoms with Crippen molar-refractivity contribution in [1.29, 1.82) is 0 Å². The highest BCUT2D eigenvalue weighted by atomic mass is 16.3. The maximum absolute atomic E-state index is 12.3. The van der Waals surface area contributed by atoms with Gasteiger partial charge in [0.25, 0.3) is 11.8 Å². The van der Waals surface area contributed by atoms with Crippen molar-refractivity contribution in [2.45, 2.75) is 0 Å². The number of hydrogen-bond acceptors (Lipinski definition) is 8. The second-order valence-electron chi connectivity index (χ2n) is 6.41. The highest BCUT2D eigenvalue weighted by Crippen LogP contribution is 2.27. The van der Waals surface area contributed by atoms with E-state index in [4.69, 9.17) is 0 Å². The Labute approximate surface area is 181 Å². The molecule has 3 aromatic carbocycles. The lowest BCUT2D eigenvalue weighted by molar-refractivity contribution is 0.0954. The standard InChI is InChI=1S/C22H18N4O6/c27-17-8-2-6-15(19(17)29)11-23-25-21(31)13-4-1-5-14(10-13)22(32)26-24-12-16-7-3-9-18(28)20(16)30/h1-12,27-30H,(H,25,31)(H,26,32)/b23-11+,24-12+. The van der Waals surface area contributed by atoms with Crippen molar-refractivity contribution in [1.82, 2.24) is 10.9 Å². The molecule has 10 heteroatoms. The second-order valence-corrected chi connectivity index (χ2v) is 6.41. The Morgan fingerprint density at radius 1 is 0.656 bits per heavy atom. The summed E-state index contributed by atoms with van der Waals surface area (Å²) in [6.07, 6.45) is 2.32. The van der Waals surface area contributed by atoms with Crippen molar-refractivity contribution in [3.63, 3.8) is 0 Å². The molecule has 0 saturated carbocycles. The number of nitrogens with zero attached hydrogens (tertiary/aromatic N) is 2. The van der Waals surface area contributed by atoms with Crippen LogP contribution in [0.3, 0.4) is 0 Å². The third-order valence-electron chi connectivity index (χ3n) is 4.22. The van der Waals surface area contributed by atoms with Crippen LogP contribution in [0.5, 0.6) is 23.0 Å². The lowest BCUT2D eigenvalue weighted by Gasteiger charge is -2.04. The molecule has 0 fully saturated rings. The van der Waals surface area contributed by atoms with Crippen molar-refractivity contribution in [2.24, 2.45) is 10.2 Å². The van der Waals surface area contributed by atoms with Crippen LogP contribution in [0.25, 0.3) is 0 Å². The quantitative estimate of drug-likeness (QED) is 0.197. The molecule has 0 atom stereocenters. The first-order valence-corrected chi connectivity index (χ1v) is 9.15. The average molecular weight is 434 g/mol. The van der Waals surface area contributed by atoms with Gasteiger partial charge in [0.15, 0.2) is 23.0 Å². The summed E-state index contributed by atoms with van der Waals surface area (Å²) in [5, 5.41) is 45.8. The highest BCUT2D eigenvalue weighted by molar-refractivity contribution is 6.00. The largest absolute Gasteiger partial charge is 0.504 e. The summed E-state index contributed by atoms with van der Waals surface area (Å²) in [5.41, 5.74) is 5.21. The maximum Gasteiger partial charge on any atom is 0.271 e. The van der Waals surface area contributed by atoms with Gasteiger partial charge in [-0.3, -0.25) is 9.59 Å². The molecule has 2 amide bonds. The van der Waals surface area contributed by atoms with E-state index in [1.54, 1.807) is 0 Å². The maximum atomic E-state index is 12.3. The van der Waals surface area contributed by atoms with Crippen molar-refractivity contribution < 1.29 is 30.0 Å². The Morgan fingerprint density at radius 2 is 1.06 bits per heavy atom. The fourth-order valence-corrected chi connectivity index (χ4v) is 2.56. The fraction of sp³-hybridized carbons (Fsp3) is 0. The molecule has 0 saturated heterocycles. The van der Waals surface area contributed by atoms with E-state index in [2.05, 4.69) is 21.1 Å². The van der Waals surface area contributed by atoms with Gasteiger partial charge in [-0.1, -0.05) is 18.2 Å². The zero-order valence-corrected chi connectivity index (χ0v) is 16.4. The van der Waals surface area contributed by atoms with Crippen LogP contribution in [0, 0.1) is 0 Å². The third-order valence-corrected chi connectivity index (χ3v) is 4.22. The summed E-state index contributed by atoms with van der Waals surface area (Å²) in [6, 6.07) is 14.4. The summed E-state index contributed by atoms with van der Waals surface area (Å²) < 4.78 is 0. The Balaban J connectivity index is 1.63. The summed E-state index contributed by atoms with van der Waals surface area (Å²) in [7, 11) is 0. The van der Waals surface area contributed by atoms with E-state index in [-0.39, 0.29) is 45.3 Å². The predicted octanol–water partition coefficient (Wildman–Crippen LogP) is 2.04. The van der Waals surface area contributed by atoms with Gasteiger partial charge in [0.2, 0.25) is 0 Å². The van der Waals surface area contributed by atoms with Crippen LogP contribution in [0.4, 0.5) is 0 Å². The molecule has 3 rings (SSSR count). The molecule has 162 valence electrons. The van der Waals surface area contributed by atoms with E-state index in [1.165, 1.54) is 60.7 Å². The molecule has 0 bridgehead atoms. The monoisotopic (exact) mass is 434 g/mol. The summed E-state index contributed by atoms with van der Waals surface area (Å²) in [5.74, 6) is -2.60. The van der Waals surface area contributed by atoms with Gasteiger partial charge in [-0.25, -0.2) is 10.9 Å². The molecular formula is C22H18N4O6. The second kappa shape index (κ2) is 9.76. The number of phenolic OH excluding ortho intramolecular Hbond substituents is 4. The van der Waals surface area contributed by atoms with E-state index in [1.807, 2.05) is 0 Å². The normalized spacial score (nSPS) is 11.0. The fourth-order valence-electron chi connectivity index (χ4n) is 2.56. The van der Waals surface area contributed by atoms with Gasteiger partial charge in [-0.15, -0.1) is 0 Å². The number of aromatic hydroxyl groups is 4. The Morgan fingerprint density at radius 3 is 1.50 bits per heavy atom. The van der Waals surface area contributed by atoms with E-state index < -0.39 is 11.8 Å². The molecule has 0 unspecified atom stereocenters. The van der Waals surface area contributed by atoms with Crippen LogP contribution >= 0.6 is 0 Å². The first kappa shape index (κ1) is 21.8. The molecule has 0 heterocycles. The summed E-state index contributed by atoms with van der Waals surface area (Å²) >= 11 is 0. The first-order valence-electron chi connectivity index (χ1n) is 9.15. The van der Waals surface area contributed by atoms with E-state index in [0.29, 0.717) is 0 Å². The lowest BCUT2D eigenvalue weighted by Crippen LogP contribution is -2.20. The number of carbonyl (C=O) groups excluding carboxylic acids is 2. The molecule has 3 aromatic rings. The van der Waals surface area contributed by atoms with Crippen LogP contribution in [0.2, 0.25) is 0 Å². The zero-order chi connectivity index (χ0) is 23.1. The number of benzene rings is 3. The van der Waals surface area contributed by atoms with Gasteiger partial charge in [-0.2, -0.15) is 10.2 Å². The van der Waals surface area contributed by atoms with Crippen molar-refractivity contribution in [3.05, 3.63) is 82.9 Å². The Kier molecular flexibility index (Phi) is 6.66. The molecule has 0 aliphatic rings. The number of hydrazone groups is 2. The number of rotatable bonds is 6. The first-order chi connectivity index (χ1) is 15.4. The third kappa shape index (κ3) is 5.19. The van der Waals surface area contributed by atoms with Gasteiger partial charge >= 0.3 is 0 Å². The Hall–Kier alpha value is -4.86. The number of phenols is 4. The van der Waals surface area contributed by atoms with Crippen LogP contribution in [-0.2, 0) is 0 Å². The molecule has 10 nitrogen and oxygen atoms in total. The lowest BCUT2D eigenvalue weighted by atomic mass is 10.1. The van der Waals surface area contributed by atoms with Crippen LogP contribution in [-0.4, -0.2) is 44.7 Å². The van der Waals surface area contributed by atoms with E-state index in [9.17, 15) is 30.0 Å². The molecular weight excluding hydrogens is 416 g/mol. The minimum absolute atomic E-state index is 0.143. The number of para-hydroxylation sites is 2. The zero-order valence-electron chi connectivity index (χ0n) is 16.4. The van der Waals surface area contributed by atoms with Crippen molar-refractivity contribution in [3.8, 4) is 23.0 Å². The number of hydrogen-bond donors (Lipinski definition) is 6. The minimum atomic E-state index is -0.608. The van der Waals surface area contributed by atoms with Gasteiger partial charge in [-0.05, 0) is 42.5 Å². The van der Waals surface area contributed by atoms with Crippen LogP contribution in [0.15, 0.2) is 70.9 Å². The Bertz CT molecular complexity index is 1130. The van der Waals surface area contributed by atoms with Gasteiger partial charge in [0, 0.05) is 22.3 Å². The van der Waals surface area contributed by atoms with Crippen LogP contribution < -0.4 is 10.9 Å². The van der Waals surface area contributed by atoms with Gasteiger partial charge < -0.3 is 20.4 Å². The minimum Gasteiger partial charge on any atom is -0.504 e. The van der Waals surface area contributed by atoms with E-state index in [0.717, 1.165) is 12.4 Å². The topological polar surface area (TPSA) is 164 Å². The van der Waals surface area contributed by atoms with Crippen LogP contribution in [0.1, 0.15) is 31.8 Å². The smallest absolute Gasteiger partial charge is 0.271 e. The molecule has 6 N–H and O–H groups in total. The summed E-state index contributed by atoms with van der Waals surface area (Å²) in [4.78, 5) is 24.6. The highest BCUT2D eigenvalue weighted by Gasteiger charge is 2.10. The van der Waals surface area contributed by atoms with E-state index >= 15 is 0 Å². The number of amides is 2. The molecule has 0 aliphatic carbocycles. The van der Waals surface area contributed by atoms with Crippen molar-refractivity contribution >= 4 is 24.2 Å². The number of carbonyl (C=O) groups is 2. The average Bonchev–Trinajstić information content (AvgIpc) is 2.79. The molecule has 0 aliphatic heterocycles. The summed E-state index contributed by atoms with van der Waals surface area (Å²) in [6.45, 7) is 0. The van der Waals surface area contributed by atoms with Gasteiger partial charge in [0.1, 0.15) is 0 Å². The molecule has 0 radical (unpaired) electrons. The predicted molar refractivity (Wildman–Crippen MR) is 116 cm³/mol. The molecule has 32 heavy (non-hydrogen) atoms.